The van der Waals surface area contributed by atoms with Crippen LogP contribution in [0.5, 0.6) is 0 Å². The average Bonchev–Trinajstić information content (AvgIpc) is 2.77. The van der Waals surface area contributed by atoms with Crippen LogP contribution in [0.3, 0.4) is 0 Å². The number of anilines is 1. The summed E-state index contributed by atoms with van der Waals surface area (Å²) in [5, 5.41) is 6.46. The van der Waals surface area contributed by atoms with Crippen molar-refractivity contribution in [3.05, 3.63) is 41.1 Å². The van der Waals surface area contributed by atoms with Crippen LogP contribution in [0.25, 0.3) is 0 Å². The summed E-state index contributed by atoms with van der Waals surface area (Å²) < 4.78 is 22.7. The number of primary amides is 1. The van der Waals surface area contributed by atoms with Gasteiger partial charge in [-0.2, -0.15) is 5.10 Å². The molecule has 0 unspecified atom stereocenters. The molecule has 112 valence electrons. The van der Waals surface area contributed by atoms with Crippen LogP contribution in [-0.4, -0.2) is 30.8 Å². The maximum absolute atomic E-state index is 11.4. The third kappa shape index (κ3) is 3.40. The van der Waals surface area contributed by atoms with Crippen LogP contribution in [0.2, 0.25) is 0 Å². The molecule has 1 heterocycles. The first-order valence-electron chi connectivity index (χ1n) is 6.20. The molecule has 1 aromatic carbocycles. The molecule has 0 aliphatic rings. The highest BCUT2D eigenvalue weighted by Crippen LogP contribution is 2.16. The van der Waals surface area contributed by atoms with Crippen LogP contribution in [0, 0.1) is 0 Å². The Morgan fingerprint density at radius 2 is 1.86 bits per heavy atom. The lowest BCUT2D eigenvalue weighted by Gasteiger charge is -2.03. The van der Waals surface area contributed by atoms with Crippen molar-refractivity contribution in [2.24, 2.45) is 5.73 Å². The number of nitrogens with one attached hydrogen (secondary N) is 1. The van der Waals surface area contributed by atoms with E-state index in [0.717, 1.165) is 11.8 Å². The van der Waals surface area contributed by atoms with Crippen LogP contribution in [0.1, 0.15) is 21.6 Å². The summed E-state index contributed by atoms with van der Waals surface area (Å²) in [6.07, 6.45) is 2.27. The van der Waals surface area contributed by atoms with E-state index >= 15 is 0 Å². The first-order valence-corrected chi connectivity index (χ1v) is 8.09. The van der Waals surface area contributed by atoms with Crippen LogP contribution in [-0.2, 0) is 22.7 Å². The van der Waals surface area contributed by atoms with Crippen LogP contribution >= 0.6 is 0 Å². The second-order valence-electron chi connectivity index (χ2n) is 4.74. The third-order valence-electron chi connectivity index (χ3n) is 3.13. The van der Waals surface area contributed by atoms with Gasteiger partial charge < -0.3 is 11.5 Å². The largest absolute Gasteiger partial charge is 0.382 e. The van der Waals surface area contributed by atoms with Gasteiger partial charge in [0.1, 0.15) is 5.56 Å². The smallest absolute Gasteiger partial charge is 0.254 e. The Hall–Kier alpha value is -2.35. The molecule has 0 radical (unpaired) electrons. The number of aromatic amines is 1. The van der Waals surface area contributed by atoms with Crippen molar-refractivity contribution in [2.45, 2.75) is 17.7 Å². The Morgan fingerprint density at radius 3 is 2.38 bits per heavy atom. The van der Waals surface area contributed by atoms with Crippen molar-refractivity contribution in [3.8, 4) is 0 Å². The van der Waals surface area contributed by atoms with E-state index in [2.05, 4.69) is 10.2 Å². The molecule has 0 saturated heterocycles. The van der Waals surface area contributed by atoms with Gasteiger partial charge in [0, 0.05) is 6.26 Å². The van der Waals surface area contributed by atoms with Gasteiger partial charge in [0.05, 0.1) is 10.6 Å². The molecular weight excluding hydrogens is 292 g/mol. The molecule has 2 aromatic rings. The average molecular weight is 308 g/mol. The fourth-order valence-corrected chi connectivity index (χ4v) is 2.65. The number of hydrogen-bond donors (Lipinski definition) is 3. The lowest BCUT2D eigenvalue weighted by Crippen LogP contribution is -2.14. The van der Waals surface area contributed by atoms with E-state index in [-0.39, 0.29) is 16.3 Å². The number of aromatic nitrogens is 2. The number of hydrogen-bond acceptors (Lipinski definition) is 5. The van der Waals surface area contributed by atoms with Gasteiger partial charge in [-0.15, -0.1) is 0 Å². The van der Waals surface area contributed by atoms with Crippen molar-refractivity contribution in [2.75, 3.05) is 12.0 Å². The molecule has 7 nitrogen and oxygen atoms in total. The number of benzene rings is 1. The molecular formula is C13H16N4O3S. The monoisotopic (exact) mass is 308 g/mol. The van der Waals surface area contributed by atoms with E-state index in [4.69, 9.17) is 11.5 Å². The second kappa shape index (κ2) is 5.57. The molecule has 0 atom stereocenters. The Balaban J connectivity index is 2.12. The molecule has 0 fully saturated rings. The Morgan fingerprint density at radius 1 is 1.24 bits per heavy atom. The maximum Gasteiger partial charge on any atom is 0.254 e. The van der Waals surface area contributed by atoms with Crippen molar-refractivity contribution >= 4 is 21.6 Å². The van der Waals surface area contributed by atoms with Gasteiger partial charge in [-0.3, -0.25) is 9.89 Å². The number of sulfone groups is 1. The van der Waals surface area contributed by atoms with Crippen LogP contribution in [0.4, 0.5) is 5.82 Å². The molecule has 8 heteroatoms. The van der Waals surface area contributed by atoms with Gasteiger partial charge in [0.15, 0.2) is 15.7 Å². The fraction of sp³-hybridized carbons (Fsp3) is 0.231. The van der Waals surface area contributed by atoms with E-state index in [1.54, 1.807) is 24.3 Å². The normalized spacial score (nSPS) is 11.5. The Labute approximate surface area is 122 Å². The predicted molar refractivity (Wildman–Crippen MR) is 78.5 cm³/mol. The van der Waals surface area contributed by atoms with E-state index in [9.17, 15) is 13.2 Å². The zero-order chi connectivity index (χ0) is 15.6. The highest BCUT2D eigenvalue weighted by molar-refractivity contribution is 7.90. The van der Waals surface area contributed by atoms with Gasteiger partial charge in [-0.05, 0) is 30.5 Å². The summed E-state index contributed by atoms with van der Waals surface area (Å²) in [5.74, 6) is -0.534. The highest BCUT2D eigenvalue weighted by Gasteiger charge is 2.15. The van der Waals surface area contributed by atoms with E-state index in [0.29, 0.717) is 18.5 Å². The standard InChI is InChI=1S/C13H16N4O3S/c1-21(19,20)9-5-2-8(3-6-9)4-7-10-11(13(15)18)12(14)17-16-10/h2-3,5-6H,4,7H2,1H3,(H2,15,18)(H3,14,16,17). The summed E-state index contributed by atoms with van der Waals surface area (Å²) in [6, 6.07) is 6.59. The van der Waals surface area contributed by atoms with Crippen molar-refractivity contribution in [3.63, 3.8) is 0 Å². The fourth-order valence-electron chi connectivity index (χ4n) is 2.02. The zero-order valence-corrected chi connectivity index (χ0v) is 12.3. The lowest BCUT2D eigenvalue weighted by atomic mass is 10.1. The molecule has 1 amide bonds. The van der Waals surface area contributed by atoms with Gasteiger partial charge in [0.2, 0.25) is 0 Å². The number of rotatable bonds is 5. The topological polar surface area (TPSA) is 132 Å². The molecule has 2 rings (SSSR count). The van der Waals surface area contributed by atoms with Crippen molar-refractivity contribution < 1.29 is 13.2 Å². The number of carbonyl (C=O) groups excluding carboxylic acids is 1. The number of nitrogen functional groups attached to an aromatic ring is 1. The molecule has 1 aromatic heterocycles. The molecule has 0 aliphatic heterocycles. The highest BCUT2D eigenvalue weighted by atomic mass is 32.2. The van der Waals surface area contributed by atoms with Crippen LogP contribution in [0.15, 0.2) is 29.2 Å². The SMILES string of the molecule is CS(=O)(=O)c1ccc(CCc2[nH]nc(N)c2C(N)=O)cc1. The van der Waals surface area contributed by atoms with Gasteiger partial charge in [-0.1, -0.05) is 12.1 Å². The number of nitrogens with two attached hydrogens (primary N) is 2. The first kappa shape index (κ1) is 15.0. The molecule has 0 spiro atoms. The van der Waals surface area contributed by atoms with Crippen molar-refractivity contribution in [1.82, 2.24) is 10.2 Å². The molecule has 0 bridgehead atoms. The number of carbonyl (C=O) groups is 1. The summed E-state index contributed by atoms with van der Waals surface area (Å²) >= 11 is 0. The quantitative estimate of drug-likeness (QED) is 0.730. The van der Waals surface area contributed by atoms with Gasteiger partial charge in [-0.25, -0.2) is 8.42 Å². The summed E-state index contributed by atoms with van der Waals surface area (Å²) in [7, 11) is -3.20. The van der Waals surface area contributed by atoms with Crippen LogP contribution < -0.4 is 11.5 Å². The van der Waals surface area contributed by atoms with E-state index < -0.39 is 15.7 Å². The zero-order valence-electron chi connectivity index (χ0n) is 11.5. The van der Waals surface area contributed by atoms with E-state index in [1.807, 2.05) is 0 Å². The molecule has 0 saturated carbocycles. The van der Waals surface area contributed by atoms with Gasteiger partial charge in [0.25, 0.3) is 5.91 Å². The Bertz CT molecular complexity index is 763. The summed E-state index contributed by atoms with van der Waals surface area (Å²) in [6.45, 7) is 0. The van der Waals surface area contributed by atoms with E-state index in [1.165, 1.54) is 0 Å². The lowest BCUT2D eigenvalue weighted by molar-refractivity contribution is 0.100. The summed E-state index contributed by atoms with van der Waals surface area (Å²) in [5.41, 5.74) is 12.5. The van der Waals surface area contributed by atoms with Gasteiger partial charge >= 0.3 is 0 Å². The second-order valence-corrected chi connectivity index (χ2v) is 6.76. The minimum absolute atomic E-state index is 0.0879. The minimum atomic E-state index is -3.20. The number of H-pyrrole nitrogens is 1. The maximum atomic E-state index is 11.4. The predicted octanol–water partition coefficient (Wildman–Crippen LogP) is 0.280. The first-order chi connectivity index (χ1) is 9.79. The third-order valence-corrected chi connectivity index (χ3v) is 4.26. The van der Waals surface area contributed by atoms with Crippen molar-refractivity contribution in [1.29, 1.82) is 0 Å². The molecule has 0 aliphatic carbocycles. The summed E-state index contributed by atoms with van der Waals surface area (Å²) in [4.78, 5) is 11.6. The number of amides is 1. The Kier molecular flexibility index (Phi) is 3.99. The number of nitrogens with zero attached hydrogens (tertiary/aromatic N) is 1. The number of aryl methyl sites for hydroxylation is 2. The molecule has 5 N–H and O–H groups in total. The molecule has 21 heavy (non-hydrogen) atoms. The minimum Gasteiger partial charge on any atom is -0.382 e.